The number of unbranched alkanes of at least 4 members (excludes halogenated alkanes) is 4. The Morgan fingerprint density at radius 3 is 2.74 bits per heavy atom. The van der Waals surface area contributed by atoms with E-state index in [9.17, 15) is 9.90 Å². The smallest absolute Gasteiger partial charge is 0.303 e. The van der Waals surface area contributed by atoms with Crippen LogP contribution in [0.1, 0.15) is 90.4 Å². The highest BCUT2D eigenvalue weighted by atomic mass is 16.4. The van der Waals surface area contributed by atoms with Crippen molar-refractivity contribution in [3.8, 4) is 0 Å². The van der Waals surface area contributed by atoms with Crippen LogP contribution in [0.4, 0.5) is 0 Å². The van der Waals surface area contributed by atoms with E-state index in [2.05, 4.69) is 19.1 Å². The van der Waals surface area contributed by atoms with Gasteiger partial charge in [-0.2, -0.15) is 0 Å². The summed E-state index contributed by atoms with van der Waals surface area (Å²) in [7, 11) is 0. The Balaban J connectivity index is 2.16. The predicted molar refractivity (Wildman–Crippen MR) is 95.5 cm³/mol. The Labute approximate surface area is 142 Å². The predicted octanol–water partition coefficient (Wildman–Crippen LogP) is 5.33. The first-order chi connectivity index (χ1) is 11.1. The van der Waals surface area contributed by atoms with Crippen LogP contribution in [0.5, 0.6) is 0 Å². The molecule has 3 atom stereocenters. The normalized spacial score (nSPS) is 22.7. The van der Waals surface area contributed by atoms with E-state index in [1.54, 1.807) is 0 Å². The summed E-state index contributed by atoms with van der Waals surface area (Å²) in [6.45, 7) is 2.25. The van der Waals surface area contributed by atoms with Gasteiger partial charge in [-0.3, -0.25) is 4.79 Å². The van der Waals surface area contributed by atoms with E-state index >= 15 is 0 Å². The number of hydrogen-bond acceptors (Lipinski definition) is 2. The van der Waals surface area contributed by atoms with Crippen LogP contribution in [0, 0.1) is 11.8 Å². The van der Waals surface area contributed by atoms with Crippen LogP contribution in [0.15, 0.2) is 12.2 Å². The maximum atomic E-state index is 10.5. The molecule has 1 unspecified atom stereocenters. The van der Waals surface area contributed by atoms with Crippen molar-refractivity contribution in [2.75, 3.05) is 0 Å². The molecule has 1 aliphatic rings. The molecule has 0 bridgehead atoms. The number of aliphatic hydroxyl groups is 1. The highest BCUT2D eigenvalue weighted by molar-refractivity contribution is 5.66. The zero-order valence-electron chi connectivity index (χ0n) is 14.9. The minimum Gasteiger partial charge on any atom is -0.481 e. The van der Waals surface area contributed by atoms with Crippen molar-refractivity contribution in [2.24, 2.45) is 11.8 Å². The Hall–Kier alpha value is -0.830. The lowest BCUT2D eigenvalue weighted by molar-refractivity contribution is -0.137. The first-order valence-corrected chi connectivity index (χ1v) is 9.70. The zero-order chi connectivity index (χ0) is 16.9. The highest BCUT2D eigenvalue weighted by Gasteiger charge is 2.25. The van der Waals surface area contributed by atoms with E-state index < -0.39 is 5.97 Å². The Bertz CT molecular complexity index is 338. The lowest BCUT2D eigenvalue weighted by atomic mass is 9.89. The Kier molecular flexibility index (Phi) is 11.1. The molecule has 1 saturated carbocycles. The maximum Gasteiger partial charge on any atom is 0.303 e. The third-order valence-electron chi connectivity index (χ3n) is 5.12. The number of carboxylic acids is 1. The molecule has 1 fully saturated rings. The van der Waals surface area contributed by atoms with Crippen LogP contribution in [-0.2, 0) is 4.79 Å². The molecular formula is C20H36O3. The maximum absolute atomic E-state index is 10.5. The van der Waals surface area contributed by atoms with Crippen molar-refractivity contribution in [1.82, 2.24) is 0 Å². The van der Waals surface area contributed by atoms with Crippen LogP contribution in [0.25, 0.3) is 0 Å². The van der Waals surface area contributed by atoms with Crippen molar-refractivity contribution in [3.05, 3.63) is 12.2 Å². The molecular weight excluding hydrogens is 288 g/mol. The second-order valence-corrected chi connectivity index (χ2v) is 7.15. The van der Waals surface area contributed by atoms with E-state index in [0.29, 0.717) is 18.8 Å². The van der Waals surface area contributed by atoms with Gasteiger partial charge in [0.15, 0.2) is 0 Å². The second-order valence-electron chi connectivity index (χ2n) is 7.15. The summed E-state index contributed by atoms with van der Waals surface area (Å²) in [5, 5.41) is 18.6. The summed E-state index contributed by atoms with van der Waals surface area (Å²) in [6, 6.07) is 0. The number of allylic oxidation sites excluding steroid dienone is 2. The number of rotatable bonds is 13. The van der Waals surface area contributed by atoms with Gasteiger partial charge in [-0.25, -0.2) is 0 Å². The van der Waals surface area contributed by atoms with Crippen molar-refractivity contribution in [1.29, 1.82) is 0 Å². The van der Waals surface area contributed by atoms with Gasteiger partial charge in [0.05, 0.1) is 6.10 Å². The van der Waals surface area contributed by atoms with Gasteiger partial charge < -0.3 is 10.2 Å². The lowest BCUT2D eigenvalue weighted by Gasteiger charge is -2.18. The second kappa shape index (κ2) is 12.6. The molecule has 2 N–H and O–H groups in total. The number of hydrogen-bond donors (Lipinski definition) is 2. The van der Waals surface area contributed by atoms with Gasteiger partial charge in [0, 0.05) is 6.42 Å². The molecule has 0 aromatic rings. The molecule has 0 aromatic carbocycles. The zero-order valence-corrected chi connectivity index (χ0v) is 14.9. The van der Waals surface area contributed by atoms with Gasteiger partial charge in [-0.1, -0.05) is 44.8 Å². The molecule has 0 aliphatic heterocycles. The highest BCUT2D eigenvalue weighted by Crippen LogP contribution is 2.36. The topological polar surface area (TPSA) is 57.5 Å². The summed E-state index contributed by atoms with van der Waals surface area (Å²) in [5.41, 5.74) is 0. The van der Waals surface area contributed by atoms with Crippen LogP contribution in [0.3, 0.4) is 0 Å². The van der Waals surface area contributed by atoms with Crippen molar-refractivity contribution < 1.29 is 15.0 Å². The third-order valence-corrected chi connectivity index (χ3v) is 5.12. The van der Waals surface area contributed by atoms with Gasteiger partial charge in [-0.15, -0.1) is 0 Å². The average molecular weight is 325 g/mol. The molecule has 1 rings (SSSR count). The monoisotopic (exact) mass is 324 g/mol. The average Bonchev–Trinajstić information content (AvgIpc) is 2.96. The molecule has 1 aliphatic carbocycles. The molecule has 134 valence electrons. The van der Waals surface area contributed by atoms with Gasteiger partial charge in [0.2, 0.25) is 0 Å². The minimum atomic E-state index is -0.767. The van der Waals surface area contributed by atoms with E-state index in [-0.39, 0.29) is 12.5 Å². The fraction of sp³-hybridized carbons (Fsp3) is 0.850. The fourth-order valence-corrected chi connectivity index (χ4v) is 3.68. The van der Waals surface area contributed by atoms with Crippen molar-refractivity contribution >= 4 is 5.97 Å². The largest absolute Gasteiger partial charge is 0.481 e. The summed E-state index contributed by atoms with van der Waals surface area (Å²) in [6.07, 6.45) is 18.2. The first kappa shape index (κ1) is 20.2. The van der Waals surface area contributed by atoms with Gasteiger partial charge in [0.1, 0.15) is 0 Å². The number of aliphatic carboxylic acids is 1. The quantitative estimate of drug-likeness (QED) is 0.356. The Morgan fingerprint density at radius 2 is 2.00 bits per heavy atom. The molecule has 0 radical (unpaired) electrons. The molecule has 23 heavy (non-hydrogen) atoms. The van der Waals surface area contributed by atoms with Gasteiger partial charge in [0.25, 0.3) is 0 Å². The molecule has 0 spiro atoms. The summed E-state index contributed by atoms with van der Waals surface area (Å²) in [4.78, 5) is 10.5. The molecule has 3 nitrogen and oxygen atoms in total. The van der Waals surface area contributed by atoms with Crippen LogP contribution in [0.2, 0.25) is 0 Å². The molecule has 0 saturated heterocycles. The van der Waals surface area contributed by atoms with Crippen LogP contribution < -0.4 is 0 Å². The summed E-state index contributed by atoms with van der Waals surface area (Å²) < 4.78 is 0. The Morgan fingerprint density at radius 1 is 1.17 bits per heavy atom. The molecule has 3 heteroatoms. The minimum absolute atomic E-state index is 0.171. The van der Waals surface area contributed by atoms with Crippen LogP contribution in [-0.4, -0.2) is 22.3 Å². The van der Waals surface area contributed by atoms with E-state index in [4.69, 9.17) is 5.11 Å². The van der Waals surface area contributed by atoms with Crippen molar-refractivity contribution in [3.63, 3.8) is 0 Å². The summed E-state index contributed by atoms with van der Waals surface area (Å²) in [5.74, 6) is 0.653. The molecule has 0 amide bonds. The van der Waals surface area contributed by atoms with E-state index in [1.807, 2.05) is 0 Å². The SMILES string of the molecule is CCCCCCC=C[C@H]1CCC[C@@H]1CCC(O)CCCC(=O)O. The number of carboxylic acid groups (broad SMARTS) is 1. The van der Waals surface area contributed by atoms with Gasteiger partial charge >= 0.3 is 5.97 Å². The van der Waals surface area contributed by atoms with E-state index in [1.165, 1.54) is 51.4 Å². The summed E-state index contributed by atoms with van der Waals surface area (Å²) >= 11 is 0. The standard InChI is InChI=1S/C20H36O3/c1-2-3-4-5-6-7-10-17-11-8-12-18(17)15-16-19(21)13-9-14-20(22)23/h7,10,17-19,21H,2-6,8-9,11-16H2,1H3,(H,22,23)/t17-,18+,19?/m0/s1. The van der Waals surface area contributed by atoms with Crippen molar-refractivity contribution in [2.45, 2.75) is 96.5 Å². The number of aliphatic hydroxyl groups excluding tert-OH is 1. The molecule has 0 aromatic heterocycles. The first-order valence-electron chi connectivity index (χ1n) is 9.70. The van der Waals surface area contributed by atoms with Gasteiger partial charge in [-0.05, 0) is 63.2 Å². The lowest BCUT2D eigenvalue weighted by Crippen LogP contribution is -2.12. The fourth-order valence-electron chi connectivity index (χ4n) is 3.68. The van der Waals surface area contributed by atoms with Crippen LogP contribution >= 0.6 is 0 Å². The molecule has 0 heterocycles. The third kappa shape index (κ3) is 9.80. The number of carbonyl (C=O) groups is 1. The van der Waals surface area contributed by atoms with E-state index in [0.717, 1.165) is 18.8 Å².